The average molecular weight is 575 g/mol. The molecule has 1 aliphatic heterocycles. The molecule has 0 N–H and O–H groups in total. The van der Waals surface area contributed by atoms with Gasteiger partial charge in [0.05, 0.1) is 11.1 Å². The molecular weight excluding hydrogens is 542 g/mol. The molecule has 6 heteroatoms. The lowest BCUT2D eigenvalue weighted by molar-refractivity contribution is -0.117. The number of carbonyl (C=O) groups excluding carboxylic acids is 2. The molecule has 0 aromatic heterocycles. The summed E-state index contributed by atoms with van der Waals surface area (Å²) in [5.74, 6) is 3.43. The molecule has 3 aliphatic rings. The molecule has 1 heterocycles. The maximum atomic E-state index is 13.6. The first kappa shape index (κ1) is 26.3. The van der Waals surface area contributed by atoms with E-state index < -0.39 is 5.92 Å². The Morgan fingerprint density at radius 1 is 0.974 bits per heavy atom. The third kappa shape index (κ3) is 5.05. The number of halogens is 1. The van der Waals surface area contributed by atoms with E-state index in [1.165, 1.54) is 5.56 Å². The number of hydrogen-bond acceptors (Lipinski definition) is 5. The summed E-state index contributed by atoms with van der Waals surface area (Å²) in [6, 6.07) is 14.3. The van der Waals surface area contributed by atoms with E-state index in [0.29, 0.717) is 35.4 Å². The first-order valence-electron chi connectivity index (χ1n) is 13.4. The molecule has 0 saturated carbocycles. The van der Waals surface area contributed by atoms with Crippen molar-refractivity contribution in [2.75, 3.05) is 19.8 Å². The second-order valence-corrected chi connectivity index (χ2v) is 10.7. The van der Waals surface area contributed by atoms with Gasteiger partial charge in [-0.1, -0.05) is 36.3 Å². The van der Waals surface area contributed by atoms with Crippen LogP contribution in [0.15, 0.2) is 69.5 Å². The minimum Gasteiger partial charge on any atom is -0.490 e. The Morgan fingerprint density at radius 3 is 2.24 bits per heavy atom. The fraction of sp³-hybridized carbons (Fsp3) is 0.375. The van der Waals surface area contributed by atoms with Crippen LogP contribution in [0.1, 0.15) is 62.5 Å². The van der Waals surface area contributed by atoms with E-state index in [2.05, 4.69) is 51.0 Å². The van der Waals surface area contributed by atoms with Gasteiger partial charge in [0.15, 0.2) is 23.1 Å². The van der Waals surface area contributed by atoms with Gasteiger partial charge in [0.2, 0.25) is 0 Å². The van der Waals surface area contributed by atoms with Crippen LogP contribution < -0.4 is 9.47 Å². The predicted molar refractivity (Wildman–Crippen MR) is 151 cm³/mol. The molecule has 0 spiro atoms. The van der Waals surface area contributed by atoms with Crippen LogP contribution in [0, 0.1) is 12.3 Å². The molecule has 0 unspecified atom stereocenters. The highest BCUT2D eigenvalue weighted by atomic mass is 79.9. The summed E-state index contributed by atoms with van der Waals surface area (Å²) >= 11 is 3.65. The first-order chi connectivity index (χ1) is 18.5. The van der Waals surface area contributed by atoms with Crippen LogP contribution in [-0.2, 0) is 16.0 Å². The van der Waals surface area contributed by atoms with E-state index in [4.69, 9.17) is 15.9 Å². The molecule has 2 aromatic carbocycles. The van der Waals surface area contributed by atoms with E-state index in [-0.39, 0.29) is 18.2 Å². The van der Waals surface area contributed by atoms with Crippen LogP contribution in [-0.4, -0.2) is 36.2 Å². The maximum Gasteiger partial charge on any atom is 0.176 e. The summed E-state index contributed by atoms with van der Waals surface area (Å²) < 4.78 is 12.4. The van der Waals surface area contributed by atoms with Gasteiger partial charge in [-0.2, -0.15) is 0 Å². The number of allylic oxidation sites excluding steroid dienone is 4. The number of benzene rings is 2. The van der Waals surface area contributed by atoms with Crippen molar-refractivity contribution in [2.24, 2.45) is 0 Å². The highest BCUT2D eigenvalue weighted by molar-refractivity contribution is 9.10. The van der Waals surface area contributed by atoms with Crippen LogP contribution in [0.3, 0.4) is 0 Å². The molecular formula is C32H32BrNO4. The summed E-state index contributed by atoms with van der Waals surface area (Å²) in [5, 5.41) is 0. The molecule has 0 amide bonds. The van der Waals surface area contributed by atoms with Crippen molar-refractivity contribution >= 4 is 27.5 Å². The third-order valence-corrected chi connectivity index (χ3v) is 8.11. The molecule has 0 radical (unpaired) electrons. The summed E-state index contributed by atoms with van der Waals surface area (Å²) in [7, 11) is 0. The largest absolute Gasteiger partial charge is 0.490 e. The maximum absolute atomic E-state index is 13.6. The normalized spacial score (nSPS) is 17.8. The summed E-state index contributed by atoms with van der Waals surface area (Å²) in [6.07, 6.45) is 10.6. The average Bonchev–Trinajstić information content (AvgIpc) is 2.92. The molecule has 2 aromatic rings. The van der Waals surface area contributed by atoms with Gasteiger partial charge in [-0.05, 0) is 78.2 Å². The second-order valence-electron chi connectivity index (χ2n) is 9.85. The van der Waals surface area contributed by atoms with Crippen LogP contribution in [0.2, 0.25) is 0 Å². The Labute approximate surface area is 233 Å². The minimum atomic E-state index is -0.411. The summed E-state index contributed by atoms with van der Waals surface area (Å²) in [6.45, 7) is 3.22. The van der Waals surface area contributed by atoms with Crippen molar-refractivity contribution in [3.05, 3.63) is 80.6 Å². The molecule has 0 bridgehead atoms. The van der Waals surface area contributed by atoms with E-state index in [1.54, 1.807) is 0 Å². The standard InChI is InChI=1S/C32H32BrNO4/c1-3-18-38-32-23(33)19-22(20-28(32)37-4-2)29-30-24(12-8-14-26(30)35)34(17-16-21-10-6-5-7-11-21)25-13-9-15-27(36)31(25)29/h1,5-7,10-11,19-20,29H,4,8-9,12-18H2,2H3. The van der Waals surface area contributed by atoms with Crippen LogP contribution in [0.5, 0.6) is 11.5 Å². The van der Waals surface area contributed by atoms with Crippen molar-refractivity contribution in [3.63, 3.8) is 0 Å². The Morgan fingerprint density at radius 2 is 1.63 bits per heavy atom. The van der Waals surface area contributed by atoms with Gasteiger partial charge in [-0.25, -0.2) is 0 Å². The SMILES string of the molecule is C#CCOc1c(Br)cc(C2C3=C(CCCC3=O)N(CCc3ccccc3)C3=C2C(=O)CCC3)cc1OCC. The van der Waals surface area contributed by atoms with Gasteiger partial charge in [0.1, 0.15) is 6.61 Å². The van der Waals surface area contributed by atoms with Gasteiger partial charge in [-0.3, -0.25) is 9.59 Å². The van der Waals surface area contributed by atoms with Gasteiger partial charge >= 0.3 is 0 Å². The van der Waals surface area contributed by atoms with E-state index in [9.17, 15) is 9.59 Å². The summed E-state index contributed by atoms with van der Waals surface area (Å²) in [5.41, 5.74) is 5.81. The smallest absolute Gasteiger partial charge is 0.176 e. The Bertz CT molecular complexity index is 1310. The lowest BCUT2D eigenvalue weighted by Crippen LogP contribution is -2.40. The minimum absolute atomic E-state index is 0.111. The zero-order valence-corrected chi connectivity index (χ0v) is 23.3. The molecule has 0 saturated heterocycles. The zero-order chi connectivity index (χ0) is 26.6. The lowest BCUT2D eigenvalue weighted by atomic mass is 9.71. The van der Waals surface area contributed by atoms with Gasteiger partial charge in [0.25, 0.3) is 0 Å². The van der Waals surface area contributed by atoms with Crippen molar-refractivity contribution < 1.29 is 19.1 Å². The van der Waals surface area contributed by atoms with Crippen LogP contribution in [0.4, 0.5) is 0 Å². The number of rotatable bonds is 8. The lowest BCUT2D eigenvalue weighted by Gasteiger charge is -2.44. The van der Waals surface area contributed by atoms with Crippen molar-refractivity contribution in [1.29, 1.82) is 0 Å². The molecule has 196 valence electrons. The molecule has 0 fully saturated rings. The van der Waals surface area contributed by atoms with E-state index in [1.807, 2.05) is 25.1 Å². The topological polar surface area (TPSA) is 55.8 Å². The first-order valence-corrected chi connectivity index (χ1v) is 14.2. The number of ketones is 2. The Hall–Kier alpha value is -3.30. The van der Waals surface area contributed by atoms with Gasteiger partial charge < -0.3 is 14.4 Å². The van der Waals surface area contributed by atoms with Gasteiger partial charge in [-0.15, -0.1) is 6.42 Å². The number of Topliss-reactive ketones (excluding diaryl/α,β-unsaturated/α-hetero) is 2. The second kappa shape index (κ2) is 11.6. The number of ether oxygens (including phenoxy) is 2. The third-order valence-electron chi connectivity index (χ3n) is 7.52. The predicted octanol–water partition coefficient (Wildman–Crippen LogP) is 6.52. The Balaban J connectivity index is 1.64. The fourth-order valence-corrected chi connectivity index (χ4v) is 6.55. The number of nitrogens with zero attached hydrogens (tertiary/aromatic N) is 1. The van der Waals surface area contributed by atoms with Crippen LogP contribution >= 0.6 is 15.9 Å². The van der Waals surface area contributed by atoms with Crippen molar-refractivity contribution in [2.45, 2.75) is 57.8 Å². The Kier molecular flexibility index (Phi) is 8.04. The van der Waals surface area contributed by atoms with Crippen LogP contribution in [0.25, 0.3) is 0 Å². The molecule has 38 heavy (non-hydrogen) atoms. The van der Waals surface area contributed by atoms with E-state index >= 15 is 0 Å². The fourth-order valence-electron chi connectivity index (χ4n) is 5.98. The number of terminal acetylenes is 1. The van der Waals surface area contributed by atoms with E-state index in [0.717, 1.165) is 66.8 Å². The van der Waals surface area contributed by atoms with Crippen molar-refractivity contribution in [1.82, 2.24) is 4.90 Å². The molecule has 5 nitrogen and oxygen atoms in total. The highest BCUT2D eigenvalue weighted by Crippen LogP contribution is 2.51. The molecule has 0 atom stereocenters. The quantitative estimate of drug-likeness (QED) is 0.337. The number of hydrogen-bond donors (Lipinski definition) is 0. The summed E-state index contributed by atoms with van der Waals surface area (Å²) in [4.78, 5) is 29.5. The molecule has 2 aliphatic carbocycles. The monoisotopic (exact) mass is 573 g/mol. The zero-order valence-electron chi connectivity index (χ0n) is 21.7. The number of carbonyl (C=O) groups is 2. The van der Waals surface area contributed by atoms with Crippen molar-refractivity contribution in [3.8, 4) is 23.8 Å². The molecule has 5 rings (SSSR count). The highest BCUT2D eigenvalue weighted by Gasteiger charge is 2.43. The van der Waals surface area contributed by atoms with Gasteiger partial charge in [0, 0.05) is 47.8 Å².